The van der Waals surface area contributed by atoms with Crippen LogP contribution in [0.3, 0.4) is 0 Å². The summed E-state index contributed by atoms with van der Waals surface area (Å²) in [6, 6.07) is 0.704. The lowest BCUT2D eigenvalue weighted by molar-refractivity contribution is 0.0957. The second-order valence-corrected chi connectivity index (χ2v) is 6.49. The van der Waals surface area contributed by atoms with Gasteiger partial charge in [0.25, 0.3) is 0 Å². The van der Waals surface area contributed by atoms with Crippen LogP contribution in [-0.2, 0) is 0 Å². The smallest absolute Gasteiger partial charge is 0.225 e. The van der Waals surface area contributed by atoms with Gasteiger partial charge in [-0.05, 0) is 31.4 Å². The Morgan fingerprint density at radius 2 is 1.65 bits per heavy atom. The Labute approximate surface area is 120 Å². The van der Waals surface area contributed by atoms with Gasteiger partial charge in [-0.1, -0.05) is 0 Å². The van der Waals surface area contributed by atoms with Crippen LogP contribution in [0.15, 0.2) is 12.4 Å². The number of rotatable bonds is 3. The van der Waals surface area contributed by atoms with Crippen LogP contribution in [0, 0.1) is 0 Å². The van der Waals surface area contributed by atoms with Crippen LogP contribution < -0.4 is 4.90 Å². The topological polar surface area (TPSA) is 35.5 Å². The Hall–Kier alpha value is -1.20. The second kappa shape index (κ2) is 4.97. The molecule has 0 radical (unpaired) electrons. The minimum Gasteiger partial charge on any atom is -0.338 e. The molecule has 0 spiro atoms. The zero-order chi connectivity index (χ0) is 13.5. The van der Waals surface area contributed by atoms with Crippen molar-refractivity contribution in [3.05, 3.63) is 18.0 Å². The normalized spacial score (nSPS) is 25.8. The highest BCUT2D eigenvalue weighted by Gasteiger charge is 2.34. The molecule has 1 aromatic heterocycles. The second-order valence-electron chi connectivity index (χ2n) is 6.49. The summed E-state index contributed by atoms with van der Waals surface area (Å²) < 4.78 is 0. The van der Waals surface area contributed by atoms with Gasteiger partial charge in [0.05, 0.1) is 0 Å². The molecular formula is C15H23N5. The summed E-state index contributed by atoms with van der Waals surface area (Å²) in [6.45, 7) is 6.98. The van der Waals surface area contributed by atoms with Gasteiger partial charge >= 0.3 is 0 Å². The molecule has 0 amide bonds. The van der Waals surface area contributed by atoms with E-state index in [0.29, 0.717) is 6.04 Å². The number of piperazine rings is 1. The Balaban J connectivity index is 1.31. The van der Waals surface area contributed by atoms with Crippen molar-refractivity contribution >= 4 is 5.95 Å². The molecule has 1 aromatic rings. The zero-order valence-electron chi connectivity index (χ0n) is 12.2. The number of aromatic nitrogens is 2. The summed E-state index contributed by atoms with van der Waals surface area (Å²) in [4.78, 5) is 16.4. The van der Waals surface area contributed by atoms with Crippen molar-refractivity contribution in [2.24, 2.45) is 0 Å². The third kappa shape index (κ3) is 2.40. The Morgan fingerprint density at radius 1 is 1.00 bits per heavy atom. The molecule has 3 fully saturated rings. The predicted molar refractivity (Wildman–Crippen MR) is 79.1 cm³/mol. The fourth-order valence-corrected chi connectivity index (χ4v) is 3.16. The molecule has 0 atom stereocenters. The van der Waals surface area contributed by atoms with Gasteiger partial charge in [0.1, 0.15) is 0 Å². The van der Waals surface area contributed by atoms with Crippen LogP contribution >= 0.6 is 0 Å². The molecule has 3 heterocycles. The van der Waals surface area contributed by atoms with Crippen molar-refractivity contribution in [2.45, 2.75) is 24.8 Å². The van der Waals surface area contributed by atoms with Crippen LogP contribution in [0.5, 0.6) is 0 Å². The highest BCUT2D eigenvalue weighted by Crippen LogP contribution is 2.39. The number of anilines is 1. The van der Waals surface area contributed by atoms with Crippen molar-refractivity contribution in [3.8, 4) is 0 Å². The lowest BCUT2D eigenvalue weighted by atomic mass is 10.1. The highest BCUT2D eigenvalue weighted by atomic mass is 15.4. The number of likely N-dealkylation sites (N-methyl/N-ethyl adjacent to an activating group) is 1. The first-order chi connectivity index (χ1) is 9.79. The van der Waals surface area contributed by atoms with Crippen LogP contribution in [0.25, 0.3) is 0 Å². The van der Waals surface area contributed by atoms with E-state index < -0.39 is 0 Å². The SMILES string of the molecule is CN1CCN(C2CN(c3ncc(C4CC4)cn3)C2)CC1. The maximum atomic E-state index is 4.54. The average Bonchev–Trinajstić information content (AvgIpc) is 3.25. The van der Waals surface area contributed by atoms with Crippen LogP contribution in [0.4, 0.5) is 5.95 Å². The molecule has 1 aliphatic carbocycles. The summed E-state index contributed by atoms with van der Waals surface area (Å²) in [5.41, 5.74) is 1.32. The third-order valence-electron chi connectivity index (χ3n) is 4.91. The quantitative estimate of drug-likeness (QED) is 0.813. The summed E-state index contributed by atoms with van der Waals surface area (Å²) >= 11 is 0. The molecule has 5 nitrogen and oxygen atoms in total. The maximum absolute atomic E-state index is 4.54. The van der Waals surface area contributed by atoms with E-state index in [1.165, 1.54) is 44.6 Å². The molecule has 2 aliphatic heterocycles. The number of hydrogen-bond acceptors (Lipinski definition) is 5. The fraction of sp³-hybridized carbons (Fsp3) is 0.733. The molecule has 0 N–H and O–H groups in total. The molecule has 20 heavy (non-hydrogen) atoms. The highest BCUT2D eigenvalue weighted by molar-refractivity contribution is 5.36. The first-order valence-corrected chi connectivity index (χ1v) is 7.79. The Morgan fingerprint density at radius 3 is 2.25 bits per heavy atom. The molecule has 3 aliphatic rings. The van der Waals surface area contributed by atoms with Crippen LogP contribution in [0.2, 0.25) is 0 Å². The van der Waals surface area contributed by atoms with E-state index in [0.717, 1.165) is 25.0 Å². The van der Waals surface area contributed by atoms with Crippen molar-refractivity contribution in [1.82, 2.24) is 19.8 Å². The van der Waals surface area contributed by atoms with Gasteiger partial charge in [-0.25, -0.2) is 9.97 Å². The summed E-state index contributed by atoms with van der Waals surface area (Å²) in [7, 11) is 2.21. The van der Waals surface area contributed by atoms with Gasteiger partial charge in [0.2, 0.25) is 5.95 Å². The van der Waals surface area contributed by atoms with Gasteiger partial charge in [-0.3, -0.25) is 4.90 Å². The Kier molecular flexibility index (Phi) is 3.11. The molecule has 4 rings (SSSR count). The first-order valence-electron chi connectivity index (χ1n) is 7.79. The first kappa shape index (κ1) is 12.5. The van der Waals surface area contributed by atoms with E-state index in [-0.39, 0.29) is 0 Å². The largest absolute Gasteiger partial charge is 0.338 e. The van der Waals surface area contributed by atoms with Crippen molar-refractivity contribution < 1.29 is 0 Å². The molecule has 1 saturated carbocycles. The molecule has 5 heteroatoms. The monoisotopic (exact) mass is 273 g/mol. The minimum atomic E-state index is 0.704. The summed E-state index contributed by atoms with van der Waals surface area (Å²) in [5, 5.41) is 0. The van der Waals surface area contributed by atoms with Gasteiger partial charge in [0, 0.05) is 57.7 Å². The van der Waals surface area contributed by atoms with Crippen molar-refractivity contribution in [3.63, 3.8) is 0 Å². The van der Waals surface area contributed by atoms with Crippen LogP contribution in [0.1, 0.15) is 24.3 Å². The molecular weight excluding hydrogens is 250 g/mol. The van der Waals surface area contributed by atoms with Gasteiger partial charge < -0.3 is 9.80 Å². The Bertz CT molecular complexity index is 456. The third-order valence-corrected chi connectivity index (χ3v) is 4.91. The van der Waals surface area contributed by atoms with E-state index in [1.54, 1.807) is 0 Å². The molecule has 0 aromatic carbocycles. The minimum absolute atomic E-state index is 0.704. The molecule has 108 valence electrons. The standard InChI is InChI=1S/C15H23N5/c1-18-4-6-19(7-5-18)14-10-20(11-14)15-16-8-13(9-17-15)12-2-3-12/h8-9,12,14H,2-7,10-11H2,1H3. The van der Waals surface area contributed by atoms with Crippen molar-refractivity contribution in [2.75, 3.05) is 51.2 Å². The fourth-order valence-electron chi connectivity index (χ4n) is 3.16. The maximum Gasteiger partial charge on any atom is 0.225 e. The van der Waals surface area contributed by atoms with Crippen molar-refractivity contribution in [1.29, 1.82) is 0 Å². The van der Waals surface area contributed by atoms with E-state index >= 15 is 0 Å². The van der Waals surface area contributed by atoms with Gasteiger partial charge in [-0.15, -0.1) is 0 Å². The van der Waals surface area contributed by atoms with E-state index in [9.17, 15) is 0 Å². The lowest BCUT2D eigenvalue weighted by Gasteiger charge is -2.47. The molecule has 2 saturated heterocycles. The summed E-state index contributed by atoms with van der Waals surface area (Å²) in [6.07, 6.45) is 6.70. The molecule has 0 unspecified atom stereocenters. The lowest BCUT2D eigenvalue weighted by Crippen LogP contribution is -2.63. The predicted octanol–water partition coefficient (Wildman–Crippen LogP) is 0.790. The van der Waals surface area contributed by atoms with Gasteiger partial charge in [0.15, 0.2) is 0 Å². The average molecular weight is 273 g/mol. The van der Waals surface area contributed by atoms with E-state index in [4.69, 9.17) is 0 Å². The van der Waals surface area contributed by atoms with E-state index in [2.05, 4.69) is 31.7 Å². The van der Waals surface area contributed by atoms with Crippen LogP contribution in [-0.4, -0.2) is 72.1 Å². The summed E-state index contributed by atoms with van der Waals surface area (Å²) in [5.74, 6) is 1.67. The van der Waals surface area contributed by atoms with Gasteiger partial charge in [-0.2, -0.15) is 0 Å². The number of hydrogen-bond donors (Lipinski definition) is 0. The van der Waals surface area contributed by atoms with E-state index in [1.807, 2.05) is 12.4 Å². The molecule has 0 bridgehead atoms. The zero-order valence-corrected chi connectivity index (χ0v) is 12.2. The number of nitrogens with zero attached hydrogens (tertiary/aromatic N) is 5.